The molecule has 2 nitrogen and oxygen atoms in total. The van der Waals surface area contributed by atoms with Crippen molar-refractivity contribution < 1.29 is 9.84 Å². The molecule has 2 rings (SSSR count). The third kappa shape index (κ3) is 2.44. The highest BCUT2D eigenvalue weighted by atomic mass is 16.5. The van der Waals surface area contributed by atoms with Crippen LogP contribution in [0.1, 0.15) is 39.5 Å². The zero-order valence-corrected chi connectivity index (χ0v) is 12.8. The topological polar surface area (TPSA) is 29.5 Å². The zero-order chi connectivity index (χ0) is 14.9. The van der Waals surface area contributed by atoms with Crippen molar-refractivity contribution in [3.63, 3.8) is 0 Å². The highest BCUT2D eigenvalue weighted by Gasteiger charge is 2.19. The molecular weight excluding hydrogens is 248 g/mol. The fraction of sp³-hybridized carbons (Fsp3) is 0.333. The smallest absolute Gasteiger partial charge is 0.128 e. The van der Waals surface area contributed by atoms with E-state index in [-0.39, 0.29) is 0 Å². The second kappa shape index (κ2) is 5.68. The van der Waals surface area contributed by atoms with E-state index in [0.717, 1.165) is 28.0 Å². The summed E-state index contributed by atoms with van der Waals surface area (Å²) in [6.07, 6.45) is -0.663. The fourth-order valence-electron chi connectivity index (χ4n) is 2.53. The maximum Gasteiger partial charge on any atom is 0.128 e. The standard InChI is InChI=1S/C18H22O2/c1-11-7-6-8-15(13(11)3)17(19)16-10-9-12(2)14(4)18(16)20-5/h6-10,17,19H,1-5H3. The van der Waals surface area contributed by atoms with Crippen molar-refractivity contribution >= 4 is 0 Å². The van der Waals surface area contributed by atoms with Gasteiger partial charge in [-0.3, -0.25) is 0 Å². The molecule has 20 heavy (non-hydrogen) atoms. The lowest BCUT2D eigenvalue weighted by Gasteiger charge is -2.20. The van der Waals surface area contributed by atoms with E-state index >= 15 is 0 Å². The molecule has 0 aliphatic carbocycles. The van der Waals surface area contributed by atoms with Gasteiger partial charge >= 0.3 is 0 Å². The molecule has 2 aromatic carbocycles. The summed E-state index contributed by atoms with van der Waals surface area (Å²) < 4.78 is 5.51. The third-order valence-corrected chi connectivity index (χ3v) is 4.15. The van der Waals surface area contributed by atoms with Crippen molar-refractivity contribution in [2.45, 2.75) is 33.8 Å². The van der Waals surface area contributed by atoms with Crippen LogP contribution in [0.3, 0.4) is 0 Å². The first-order valence-corrected chi connectivity index (χ1v) is 6.85. The van der Waals surface area contributed by atoms with Crippen molar-refractivity contribution in [1.82, 2.24) is 0 Å². The van der Waals surface area contributed by atoms with Gasteiger partial charge in [-0.1, -0.05) is 30.3 Å². The van der Waals surface area contributed by atoms with Gasteiger partial charge in [-0.05, 0) is 55.5 Å². The Morgan fingerprint density at radius 3 is 2.15 bits per heavy atom. The number of benzene rings is 2. The molecule has 2 heteroatoms. The molecule has 0 aliphatic heterocycles. The number of ether oxygens (including phenoxy) is 1. The average molecular weight is 270 g/mol. The quantitative estimate of drug-likeness (QED) is 0.913. The van der Waals surface area contributed by atoms with Crippen LogP contribution in [-0.2, 0) is 0 Å². The Bertz CT molecular complexity index is 630. The van der Waals surface area contributed by atoms with E-state index in [1.807, 2.05) is 45.0 Å². The highest BCUT2D eigenvalue weighted by Crippen LogP contribution is 2.35. The third-order valence-electron chi connectivity index (χ3n) is 4.15. The molecule has 0 spiro atoms. The maximum absolute atomic E-state index is 10.7. The lowest BCUT2D eigenvalue weighted by atomic mass is 9.92. The van der Waals surface area contributed by atoms with Gasteiger partial charge in [0, 0.05) is 5.56 Å². The van der Waals surface area contributed by atoms with E-state index in [1.165, 1.54) is 11.1 Å². The molecule has 0 saturated carbocycles. The van der Waals surface area contributed by atoms with Crippen LogP contribution in [0.2, 0.25) is 0 Å². The van der Waals surface area contributed by atoms with Gasteiger partial charge in [0.1, 0.15) is 11.9 Å². The zero-order valence-electron chi connectivity index (χ0n) is 12.8. The number of hydrogen-bond acceptors (Lipinski definition) is 2. The Balaban J connectivity index is 2.56. The molecule has 0 aliphatic rings. The molecule has 1 N–H and O–H groups in total. The van der Waals surface area contributed by atoms with Crippen molar-refractivity contribution in [2.24, 2.45) is 0 Å². The SMILES string of the molecule is COc1c(C(O)c2cccc(C)c2C)ccc(C)c1C. The molecule has 0 amide bonds. The van der Waals surface area contributed by atoms with Crippen LogP contribution in [0.15, 0.2) is 30.3 Å². The number of aryl methyl sites for hydroxylation is 2. The van der Waals surface area contributed by atoms with Crippen molar-refractivity contribution in [3.8, 4) is 5.75 Å². The monoisotopic (exact) mass is 270 g/mol. The molecule has 0 heterocycles. The Hall–Kier alpha value is -1.80. The summed E-state index contributed by atoms with van der Waals surface area (Å²) in [5.41, 5.74) is 6.31. The van der Waals surface area contributed by atoms with Gasteiger partial charge < -0.3 is 9.84 Å². The highest BCUT2D eigenvalue weighted by molar-refractivity contribution is 5.50. The minimum Gasteiger partial charge on any atom is -0.496 e. The first-order chi connectivity index (χ1) is 9.47. The first kappa shape index (κ1) is 14.6. The second-order valence-corrected chi connectivity index (χ2v) is 5.32. The summed E-state index contributed by atoms with van der Waals surface area (Å²) in [6, 6.07) is 9.99. The number of rotatable bonds is 3. The van der Waals surface area contributed by atoms with E-state index in [4.69, 9.17) is 4.74 Å². The Morgan fingerprint density at radius 2 is 1.50 bits per heavy atom. The second-order valence-electron chi connectivity index (χ2n) is 5.32. The van der Waals surface area contributed by atoms with Crippen LogP contribution in [0, 0.1) is 27.7 Å². The summed E-state index contributed by atoms with van der Waals surface area (Å²) in [4.78, 5) is 0. The van der Waals surface area contributed by atoms with Crippen LogP contribution in [-0.4, -0.2) is 12.2 Å². The lowest BCUT2D eigenvalue weighted by Crippen LogP contribution is -2.06. The predicted octanol–water partition coefficient (Wildman–Crippen LogP) is 4.01. The molecule has 1 unspecified atom stereocenters. The first-order valence-electron chi connectivity index (χ1n) is 6.85. The summed E-state index contributed by atoms with van der Waals surface area (Å²) in [5, 5.41) is 10.7. The minimum absolute atomic E-state index is 0.663. The predicted molar refractivity (Wildman–Crippen MR) is 82.4 cm³/mol. The minimum atomic E-state index is -0.663. The van der Waals surface area contributed by atoms with Crippen molar-refractivity contribution in [3.05, 3.63) is 63.7 Å². The summed E-state index contributed by atoms with van der Waals surface area (Å²) in [6.45, 7) is 8.17. The van der Waals surface area contributed by atoms with E-state index in [0.29, 0.717) is 0 Å². The van der Waals surface area contributed by atoms with E-state index < -0.39 is 6.10 Å². The van der Waals surface area contributed by atoms with Crippen molar-refractivity contribution in [1.29, 1.82) is 0 Å². The number of hydrogen-bond donors (Lipinski definition) is 1. The molecule has 106 valence electrons. The number of methoxy groups -OCH3 is 1. The molecule has 0 aromatic heterocycles. The van der Waals surface area contributed by atoms with Gasteiger partial charge in [-0.25, -0.2) is 0 Å². The Labute approximate surface area is 121 Å². The van der Waals surface area contributed by atoms with E-state index in [9.17, 15) is 5.11 Å². The van der Waals surface area contributed by atoms with Gasteiger partial charge in [-0.2, -0.15) is 0 Å². The average Bonchev–Trinajstić information content (AvgIpc) is 2.44. The largest absolute Gasteiger partial charge is 0.496 e. The van der Waals surface area contributed by atoms with E-state index in [1.54, 1.807) is 7.11 Å². The summed E-state index contributed by atoms with van der Waals surface area (Å²) in [7, 11) is 1.65. The summed E-state index contributed by atoms with van der Waals surface area (Å²) in [5.74, 6) is 0.776. The number of aliphatic hydroxyl groups is 1. The van der Waals surface area contributed by atoms with Crippen LogP contribution in [0.25, 0.3) is 0 Å². The van der Waals surface area contributed by atoms with Gasteiger partial charge in [0.15, 0.2) is 0 Å². The van der Waals surface area contributed by atoms with Gasteiger partial charge in [0.25, 0.3) is 0 Å². The van der Waals surface area contributed by atoms with E-state index in [2.05, 4.69) is 13.0 Å². The van der Waals surface area contributed by atoms with Gasteiger partial charge in [0.05, 0.1) is 7.11 Å². The Morgan fingerprint density at radius 1 is 0.850 bits per heavy atom. The van der Waals surface area contributed by atoms with Crippen LogP contribution >= 0.6 is 0 Å². The number of aliphatic hydroxyl groups excluding tert-OH is 1. The fourth-order valence-corrected chi connectivity index (χ4v) is 2.53. The maximum atomic E-state index is 10.7. The van der Waals surface area contributed by atoms with Crippen molar-refractivity contribution in [2.75, 3.05) is 7.11 Å². The molecule has 0 saturated heterocycles. The molecule has 0 bridgehead atoms. The summed E-state index contributed by atoms with van der Waals surface area (Å²) >= 11 is 0. The molecule has 0 fully saturated rings. The van der Waals surface area contributed by atoms with Gasteiger partial charge in [0.2, 0.25) is 0 Å². The molecule has 0 radical (unpaired) electrons. The van der Waals surface area contributed by atoms with Crippen LogP contribution < -0.4 is 4.74 Å². The molecule has 1 atom stereocenters. The van der Waals surface area contributed by atoms with Crippen LogP contribution in [0.4, 0.5) is 0 Å². The normalized spacial score (nSPS) is 12.3. The molecular formula is C18H22O2. The van der Waals surface area contributed by atoms with Gasteiger partial charge in [-0.15, -0.1) is 0 Å². The molecule has 2 aromatic rings. The van der Waals surface area contributed by atoms with Crippen LogP contribution in [0.5, 0.6) is 5.75 Å². The lowest BCUT2D eigenvalue weighted by molar-refractivity contribution is 0.213. The Kier molecular flexibility index (Phi) is 4.15.